The van der Waals surface area contributed by atoms with Gasteiger partial charge in [-0.25, -0.2) is 9.67 Å². The van der Waals surface area contributed by atoms with E-state index in [1.165, 1.54) is 4.68 Å². The van der Waals surface area contributed by atoms with Gasteiger partial charge in [0.15, 0.2) is 0 Å². The molecule has 0 atom stereocenters. The largest absolute Gasteiger partial charge is 0.444 e. The summed E-state index contributed by atoms with van der Waals surface area (Å²) < 4.78 is 7.46. The second-order valence-electron chi connectivity index (χ2n) is 4.68. The van der Waals surface area contributed by atoms with Gasteiger partial charge in [0, 0.05) is 13.0 Å². The number of nitrogens with zero attached hydrogens (tertiary/aromatic N) is 3. The zero-order valence-electron chi connectivity index (χ0n) is 12.2. The minimum atomic E-state index is -0.130. The molecule has 114 valence electrons. The summed E-state index contributed by atoms with van der Waals surface area (Å²) in [6, 6.07) is 0. The standard InChI is InChI=1S/C14H19BrN4O2/c1-3-5-6-19-14(20)13(15)11(8-18-19)16-9-12-17-7-10(4-2)21-12/h7-8,16H,3-6,9H2,1-2H3. The van der Waals surface area contributed by atoms with Crippen molar-refractivity contribution in [1.82, 2.24) is 14.8 Å². The van der Waals surface area contributed by atoms with E-state index in [2.05, 4.69) is 38.3 Å². The number of aromatic nitrogens is 3. The molecule has 0 fully saturated rings. The second-order valence-corrected chi connectivity index (χ2v) is 5.47. The summed E-state index contributed by atoms with van der Waals surface area (Å²) in [5.41, 5.74) is 0.513. The molecule has 0 radical (unpaired) electrons. The van der Waals surface area contributed by atoms with Crippen LogP contribution in [-0.2, 0) is 19.5 Å². The zero-order valence-corrected chi connectivity index (χ0v) is 13.8. The van der Waals surface area contributed by atoms with Gasteiger partial charge in [-0.3, -0.25) is 4.79 Å². The predicted octanol–water partition coefficient (Wildman–Crippen LogP) is 2.97. The lowest BCUT2D eigenvalue weighted by Gasteiger charge is -2.09. The third-order valence-electron chi connectivity index (χ3n) is 3.09. The molecule has 0 aliphatic rings. The van der Waals surface area contributed by atoms with Gasteiger partial charge in [-0.05, 0) is 22.4 Å². The number of aryl methyl sites for hydroxylation is 2. The molecular weight excluding hydrogens is 336 g/mol. The van der Waals surface area contributed by atoms with Gasteiger partial charge < -0.3 is 9.73 Å². The first-order valence-corrected chi connectivity index (χ1v) is 7.88. The normalized spacial score (nSPS) is 10.8. The summed E-state index contributed by atoms with van der Waals surface area (Å²) >= 11 is 3.33. The lowest BCUT2D eigenvalue weighted by Crippen LogP contribution is -2.24. The maximum absolute atomic E-state index is 12.1. The first-order valence-electron chi connectivity index (χ1n) is 7.08. The number of nitrogens with one attached hydrogen (secondary N) is 1. The van der Waals surface area contributed by atoms with Crippen molar-refractivity contribution in [3.05, 3.63) is 38.9 Å². The molecule has 0 spiro atoms. The van der Waals surface area contributed by atoms with Crippen LogP contribution in [-0.4, -0.2) is 14.8 Å². The van der Waals surface area contributed by atoms with Gasteiger partial charge in [-0.2, -0.15) is 5.10 Å². The van der Waals surface area contributed by atoms with E-state index < -0.39 is 0 Å². The highest BCUT2D eigenvalue weighted by Gasteiger charge is 2.09. The number of unbranched alkanes of at least 4 members (excludes halogenated alkanes) is 1. The predicted molar refractivity (Wildman–Crippen MR) is 84.3 cm³/mol. The van der Waals surface area contributed by atoms with Crippen LogP contribution in [0.4, 0.5) is 5.69 Å². The van der Waals surface area contributed by atoms with E-state index in [4.69, 9.17) is 4.42 Å². The summed E-state index contributed by atoms with van der Waals surface area (Å²) in [6.07, 6.45) is 6.13. The summed E-state index contributed by atoms with van der Waals surface area (Å²) in [5, 5.41) is 7.28. The van der Waals surface area contributed by atoms with Crippen molar-refractivity contribution in [1.29, 1.82) is 0 Å². The van der Waals surface area contributed by atoms with Gasteiger partial charge in [0.2, 0.25) is 5.89 Å². The van der Waals surface area contributed by atoms with Crippen LogP contribution in [0.15, 0.2) is 26.1 Å². The fourth-order valence-electron chi connectivity index (χ4n) is 1.82. The van der Waals surface area contributed by atoms with Crippen LogP contribution in [0.1, 0.15) is 38.3 Å². The monoisotopic (exact) mass is 354 g/mol. The van der Waals surface area contributed by atoms with E-state index in [9.17, 15) is 4.79 Å². The molecule has 0 bridgehead atoms. The van der Waals surface area contributed by atoms with Gasteiger partial charge >= 0.3 is 0 Å². The molecule has 0 aromatic carbocycles. The summed E-state index contributed by atoms with van der Waals surface area (Å²) in [7, 11) is 0. The van der Waals surface area contributed by atoms with Crippen molar-refractivity contribution in [3.8, 4) is 0 Å². The molecule has 0 aliphatic heterocycles. The highest BCUT2D eigenvalue weighted by Crippen LogP contribution is 2.17. The maximum atomic E-state index is 12.1. The summed E-state index contributed by atoms with van der Waals surface area (Å²) in [6.45, 7) is 5.14. The molecule has 2 rings (SSSR count). The van der Waals surface area contributed by atoms with Crippen LogP contribution < -0.4 is 10.9 Å². The lowest BCUT2D eigenvalue weighted by atomic mass is 10.3. The molecule has 7 heteroatoms. The average molecular weight is 355 g/mol. The maximum Gasteiger partial charge on any atom is 0.283 e. The molecule has 0 aliphatic carbocycles. The smallest absolute Gasteiger partial charge is 0.283 e. The third-order valence-corrected chi connectivity index (χ3v) is 3.85. The van der Waals surface area contributed by atoms with Crippen molar-refractivity contribution < 1.29 is 4.42 Å². The minimum Gasteiger partial charge on any atom is -0.444 e. The first kappa shape index (κ1) is 15.8. The Labute approximate surface area is 131 Å². The Hall–Kier alpha value is -1.63. The van der Waals surface area contributed by atoms with Crippen LogP contribution in [0.3, 0.4) is 0 Å². The molecule has 0 saturated heterocycles. The molecule has 21 heavy (non-hydrogen) atoms. The number of hydrogen-bond donors (Lipinski definition) is 1. The molecule has 0 saturated carbocycles. The van der Waals surface area contributed by atoms with Crippen LogP contribution >= 0.6 is 15.9 Å². The highest BCUT2D eigenvalue weighted by atomic mass is 79.9. The van der Waals surface area contributed by atoms with Crippen molar-refractivity contribution in [2.24, 2.45) is 0 Å². The van der Waals surface area contributed by atoms with Crippen molar-refractivity contribution in [2.75, 3.05) is 5.32 Å². The van der Waals surface area contributed by atoms with Crippen molar-refractivity contribution in [2.45, 2.75) is 46.2 Å². The van der Waals surface area contributed by atoms with Crippen LogP contribution in [0.2, 0.25) is 0 Å². The van der Waals surface area contributed by atoms with E-state index in [-0.39, 0.29) is 5.56 Å². The topological polar surface area (TPSA) is 73.0 Å². The van der Waals surface area contributed by atoms with Gasteiger partial charge in [-0.1, -0.05) is 20.3 Å². The molecule has 2 heterocycles. The third kappa shape index (κ3) is 3.93. The fourth-order valence-corrected chi connectivity index (χ4v) is 2.27. The molecule has 6 nitrogen and oxygen atoms in total. The molecular formula is C14H19BrN4O2. The summed E-state index contributed by atoms with van der Waals surface area (Å²) in [5.74, 6) is 1.44. The van der Waals surface area contributed by atoms with E-state index in [0.29, 0.717) is 29.1 Å². The fraction of sp³-hybridized carbons (Fsp3) is 0.500. The molecule has 0 unspecified atom stereocenters. The number of halogens is 1. The van der Waals surface area contributed by atoms with Gasteiger partial charge in [-0.15, -0.1) is 0 Å². The van der Waals surface area contributed by atoms with Crippen LogP contribution in [0.5, 0.6) is 0 Å². The molecule has 2 aromatic rings. The molecule has 1 N–H and O–H groups in total. The van der Waals surface area contributed by atoms with E-state index in [1.807, 2.05) is 6.92 Å². The Morgan fingerprint density at radius 3 is 2.86 bits per heavy atom. The number of hydrogen-bond acceptors (Lipinski definition) is 5. The van der Waals surface area contributed by atoms with Crippen molar-refractivity contribution in [3.63, 3.8) is 0 Å². The second kappa shape index (κ2) is 7.40. The van der Waals surface area contributed by atoms with E-state index >= 15 is 0 Å². The first-order chi connectivity index (χ1) is 10.2. The highest BCUT2D eigenvalue weighted by molar-refractivity contribution is 9.10. The van der Waals surface area contributed by atoms with Crippen molar-refractivity contribution >= 4 is 21.6 Å². The Kier molecular flexibility index (Phi) is 5.55. The average Bonchev–Trinajstić information content (AvgIpc) is 2.96. The Bertz CT molecular complexity index is 651. The Morgan fingerprint density at radius 2 is 2.19 bits per heavy atom. The van der Waals surface area contributed by atoms with E-state index in [1.54, 1.807) is 12.4 Å². The summed E-state index contributed by atoms with van der Waals surface area (Å²) in [4.78, 5) is 16.3. The molecule has 0 amide bonds. The quantitative estimate of drug-likeness (QED) is 0.827. The Morgan fingerprint density at radius 1 is 1.38 bits per heavy atom. The van der Waals surface area contributed by atoms with Crippen LogP contribution in [0, 0.1) is 0 Å². The van der Waals surface area contributed by atoms with Gasteiger partial charge in [0.25, 0.3) is 5.56 Å². The zero-order chi connectivity index (χ0) is 15.2. The van der Waals surface area contributed by atoms with E-state index in [0.717, 1.165) is 25.0 Å². The Balaban J connectivity index is 2.06. The number of oxazole rings is 1. The SMILES string of the molecule is CCCCn1ncc(NCc2ncc(CC)o2)c(Br)c1=O. The number of rotatable bonds is 7. The molecule has 2 aromatic heterocycles. The van der Waals surface area contributed by atoms with Crippen LogP contribution in [0.25, 0.3) is 0 Å². The lowest BCUT2D eigenvalue weighted by molar-refractivity contribution is 0.465. The number of anilines is 1. The minimum absolute atomic E-state index is 0.130. The van der Waals surface area contributed by atoms with Gasteiger partial charge in [0.05, 0.1) is 24.6 Å². The van der Waals surface area contributed by atoms with Gasteiger partial charge in [0.1, 0.15) is 10.2 Å².